The van der Waals surface area contributed by atoms with Crippen LogP contribution in [0.5, 0.6) is 0 Å². The molecule has 120 valence electrons. The molecule has 5 heteroatoms. The fraction of sp³-hybridized carbons (Fsp3) is 0.0526. The van der Waals surface area contributed by atoms with Crippen molar-refractivity contribution in [1.82, 2.24) is 0 Å². The van der Waals surface area contributed by atoms with Crippen LogP contribution in [0.25, 0.3) is 17.0 Å². The predicted molar refractivity (Wildman–Crippen MR) is 102 cm³/mol. The lowest BCUT2D eigenvalue weighted by atomic mass is 10.1. The Morgan fingerprint density at radius 3 is 2.58 bits per heavy atom. The topological polar surface area (TPSA) is 47.3 Å². The van der Waals surface area contributed by atoms with E-state index in [0.29, 0.717) is 11.0 Å². The summed E-state index contributed by atoms with van der Waals surface area (Å²) in [6.45, 7) is 0. The number of benzene rings is 2. The first-order valence-electron chi connectivity index (χ1n) is 7.17. The molecule has 3 rings (SSSR count). The average Bonchev–Trinajstić information content (AvgIpc) is 2.60. The van der Waals surface area contributed by atoms with Gasteiger partial charge >= 0.3 is 5.63 Å². The first kappa shape index (κ1) is 16.7. The molecule has 0 aliphatic heterocycles. The van der Waals surface area contributed by atoms with Crippen LogP contribution < -0.4 is 5.63 Å². The molecule has 0 N–H and O–H groups in total. The van der Waals surface area contributed by atoms with Crippen LogP contribution >= 0.6 is 27.7 Å². The number of halogens is 1. The zero-order valence-electron chi connectivity index (χ0n) is 12.8. The number of carbonyl (C=O) groups is 1. The highest BCUT2D eigenvalue weighted by molar-refractivity contribution is 9.10. The lowest BCUT2D eigenvalue weighted by molar-refractivity contribution is 0.104. The summed E-state index contributed by atoms with van der Waals surface area (Å²) >= 11 is 5.02. The summed E-state index contributed by atoms with van der Waals surface area (Å²) in [6.07, 6.45) is 5.09. The molecule has 0 radical (unpaired) electrons. The number of hydrogen-bond donors (Lipinski definition) is 0. The van der Waals surface area contributed by atoms with Gasteiger partial charge in [0.15, 0.2) is 5.78 Å². The maximum absolute atomic E-state index is 12.3. The van der Waals surface area contributed by atoms with Crippen molar-refractivity contribution in [3.05, 3.63) is 80.6 Å². The zero-order valence-corrected chi connectivity index (χ0v) is 15.2. The Morgan fingerprint density at radius 2 is 1.88 bits per heavy atom. The molecule has 0 atom stereocenters. The number of carbonyl (C=O) groups excluding carboxylic acids is 1. The molecule has 0 aliphatic rings. The Bertz CT molecular complexity index is 988. The summed E-state index contributed by atoms with van der Waals surface area (Å²) in [4.78, 5) is 25.5. The molecule has 24 heavy (non-hydrogen) atoms. The normalized spacial score (nSPS) is 11.2. The van der Waals surface area contributed by atoms with Crippen molar-refractivity contribution in [2.75, 3.05) is 6.26 Å². The third-order valence-corrected chi connectivity index (χ3v) is 4.74. The van der Waals surface area contributed by atoms with Gasteiger partial charge < -0.3 is 4.42 Å². The highest BCUT2D eigenvalue weighted by Gasteiger charge is 2.11. The fourth-order valence-corrected chi connectivity index (χ4v) is 3.03. The molecule has 0 spiro atoms. The lowest BCUT2D eigenvalue weighted by Gasteiger charge is -2.00. The third kappa shape index (κ3) is 3.68. The van der Waals surface area contributed by atoms with Crippen LogP contribution in [0.3, 0.4) is 0 Å². The van der Waals surface area contributed by atoms with Crippen LogP contribution in [0.4, 0.5) is 0 Å². The Hall–Kier alpha value is -2.11. The Balaban J connectivity index is 1.91. The summed E-state index contributed by atoms with van der Waals surface area (Å²) < 4.78 is 6.07. The van der Waals surface area contributed by atoms with Crippen molar-refractivity contribution in [2.45, 2.75) is 4.90 Å². The van der Waals surface area contributed by atoms with Gasteiger partial charge in [0, 0.05) is 14.8 Å². The molecule has 0 aliphatic carbocycles. The highest BCUT2D eigenvalue weighted by atomic mass is 79.9. The van der Waals surface area contributed by atoms with E-state index in [4.69, 9.17) is 4.42 Å². The Morgan fingerprint density at radius 1 is 1.12 bits per heavy atom. The van der Waals surface area contributed by atoms with Crippen molar-refractivity contribution in [3.8, 4) is 0 Å². The van der Waals surface area contributed by atoms with E-state index in [9.17, 15) is 9.59 Å². The van der Waals surface area contributed by atoms with E-state index < -0.39 is 5.63 Å². The average molecular weight is 401 g/mol. The molecule has 3 nitrogen and oxygen atoms in total. The number of hydrogen-bond acceptors (Lipinski definition) is 4. The molecule has 1 aromatic heterocycles. The third-order valence-electron chi connectivity index (χ3n) is 3.50. The van der Waals surface area contributed by atoms with Crippen LogP contribution in [0, 0.1) is 0 Å². The van der Waals surface area contributed by atoms with E-state index in [1.807, 2.05) is 30.5 Å². The molecule has 0 saturated carbocycles. The Labute approximate surface area is 151 Å². The van der Waals surface area contributed by atoms with E-state index >= 15 is 0 Å². The van der Waals surface area contributed by atoms with Crippen LogP contribution in [0.1, 0.15) is 15.9 Å². The zero-order chi connectivity index (χ0) is 17.1. The summed E-state index contributed by atoms with van der Waals surface area (Å²) in [5.74, 6) is -0.375. The standard InChI is InChI=1S/C19H13BrO3S/c1-24-15-6-2-12(3-7-15)4-8-17(21)16-11-13-10-14(20)5-9-18(13)23-19(16)22/h2-11H,1H3/b8-4+. The summed E-state index contributed by atoms with van der Waals surface area (Å²) in [6, 6.07) is 14.7. The predicted octanol–water partition coefficient (Wildman–Crippen LogP) is 5.17. The summed E-state index contributed by atoms with van der Waals surface area (Å²) in [5, 5.41) is 0.699. The van der Waals surface area contributed by atoms with Gasteiger partial charge in [0.2, 0.25) is 0 Å². The summed E-state index contributed by atoms with van der Waals surface area (Å²) in [7, 11) is 0. The number of fused-ring (bicyclic) bond motifs is 1. The van der Waals surface area contributed by atoms with E-state index in [2.05, 4.69) is 15.9 Å². The van der Waals surface area contributed by atoms with Crippen molar-refractivity contribution >= 4 is 50.5 Å². The number of thioether (sulfide) groups is 1. The second kappa shape index (κ2) is 7.20. The van der Waals surface area contributed by atoms with Gasteiger partial charge in [-0.3, -0.25) is 4.79 Å². The molecule has 0 bridgehead atoms. The van der Waals surface area contributed by atoms with Crippen molar-refractivity contribution in [1.29, 1.82) is 0 Å². The fourth-order valence-electron chi connectivity index (χ4n) is 2.24. The van der Waals surface area contributed by atoms with E-state index in [-0.39, 0.29) is 11.3 Å². The SMILES string of the molecule is CSc1ccc(/C=C/C(=O)c2cc3cc(Br)ccc3oc2=O)cc1. The molecular formula is C19H13BrO3S. The quantitative estimate of drug-likeness (QED) is 0.262. The van der Waals surface area contributed by atoms with Crippen molar-refractivity contribution in [2.24, 2.45) is 0 Å². The van der Waals surface area contributed by atoms with Gasteiger partial charge in [0.25, 0.3) is 0 Å². The van der Waals surface area contributed by atoms with Gasteiger partial charge in [-0.05, 0) is 54.3 Å². The highest BCUT2D eigenvalue weighted by Crippen LogP contribution is 2.20. The smallest absolute Gasteiger partial charge is 0.347 e. The first-order valence-corrected chi connectivity index (χ1v) is 9.18. The minimum atomic E-state index is -0.628. The monoisotopic (exact) mass is 400 g/mol. The first-order chi connectivity index (χ1) is 11.6. The molecule has 0 fully saturated rings. The molecular weight excluding hydrogens is 388 g/mol. The minimum absolute atomic E-state index is 0.0255. The minimum Gasteiger partial charge on any atom is -0.422 e. The number of ketones is 1. The summed E-state index contributed by atoms with van der Waals surface area (Å²) in [5.41, 5.74) is 0.750. The second-order valence-corrected chi connectivity index (χ2v) is 6.90. The maximum Gasteiger partial charge on any atom is 0.347 e. The molecule has 1 heterocycles. The molecule has 0 amide bonds. The maximum atomic E-state index is 12.3. The van der Waals surface area contributed by atoms with Crippen LogP contribution in [-0.2, 0) is 0 Å². The Kier molecular flexibility index (Phi) is 5.02. The molecule has 0 unspecified atom stereocenters. The second-order valence-electron chi connectivity index (χ2n) is 5.10. The van der Waals surface area contributed by atoms with E-state index in [0.717, 1.165) is 14.9 Å². The molecule has 0 saturated heterocycles. The van der Waals surface area contributed by atoms with Gasteiger partial charge in [-0.2, -0.15) is 0 Å². The van der Waals surface area contributed by atoms with E-state index in [1.165, 1.54) is 6.08 Å². The van der Waals surface area contributed by atoms with Gasteiger partial charge in [-0.1, -0.05) is 34.1 Å². The van der Waals surface area contributed by atoms with Crippen LogP contribution in [0.15, 0.2) is 73.2 Å². The van der Waals surface area contributed by atoms with E-state index in [1.54, 1.807) is 42.1 Å². The van der Waals surface area contributed by atoms with Crippen molar-refractivity contribution in [3.63, 3.8) is 0 Å². The number of rotatable bonds is 4. The molecule has 3 aromatic rings. The van der Waals surface area contributed by atoms with Gasteiger partial charge in [0.1, 0.15) is 11.1 Å². The van der Waals surface area contributed by atoms with Crippen LogP contribution in [0.2, 0.25) is 0 Å². The molecule has 2 aromatic carbocycles. The van der Waals surface area contributed by atoms with Gasteiger partial charge in [-0.25, -0.2) is 4.79 Å². The number of allylic oxidation sites excluding steroid dienone is 1. The van der Waals surface area contributed by atoms with Gasteiger partial charge in [-0.15, -0.1) is 11.8 Å². The van der Waals surface area contributed by atoms with Gasteiger partial charge in [0.05, 0.1) is 0 Å². The largest absolute Gasteiger partial charge is 0.422 e. The van der Waals surface area contributed by atoms with Crippen molar-refractivity contribution < 1.29 is 9.21 Å². The lowest BCUT2D eigenvalue weighted by Crippen LogP contribution is -2.11. The van der Waals surface area contributed by atoms with Crippen LogP contribution in [-0.4, -0.2) is 12.0 Å².